The van der Waals surface area contributed by atoms with E-state index >= 15 is 0 Å². The standard InChI is InChI=1S/C17H20N4O4S2/c1-11-10-20(2)19-15(11)16(22)18-17-21(7-8-25-3)13-6-5-12(27(4,23)24)9-14(13)26-17/h5-6,9-10H,7-8H2,1-4H3. The van der Waals surface area contributed by atoms with Crippen LogP contribution in [0.1, 0.15) is 16.1 Å². The molecule has 0 spiro atoms. The molecule has 0 bridgehead atoms. The van der Waals surface area contributed by atoms with Gasteiger partial charge in [-0.25, -0.2) is 8.42 Å². The van der Waals surface area contributed by atoms with Gasteiger partial charge in [-0.05, 0) is 25.1 Å². The van der Waals surface area contributed by atoms with Gasteiger partial charge in [-0.1, -0.05) is 11.3 Å². The average Bonchev–Trinajstić information content (AvgIpc) is 3.10. The zero-order valence-corrected chi connectivity index (χ0v) is 17.1. The van der Waals surface area contributed by atoms with Crippen LogP contribution in [0.3, 0.4) is 0 Å². The number of amides is 1. The third-order valence-electron chi connectivity index (χ3n) is 4.01. The summed E-state index contributed by atoms with van der Waals surface area (Å²) in [6.45, 7) is 2.73. The molecule has 0 aliphatic heterocycles. The molecule has 0 unspecified atom stereocenters. The number of benzene rings is 1. The van der Waals surface area contributed by atoms with Crippen molar-refractivity contribution >= 4 is 37.3 Å². The van der Waals surface area contributed by atoms with Crippen molar-refractivity contribution in [3.8, 4) is 0 Å². The minimum Gasteiger partial charge on any atom is -0.383 e. The molecule has 0 N–H and O–H groups in total. The Morgan fingerprint density at radius 3 is 2.70 bits per heavy atom. The molecule has 1 aromatic carbocycles. The number of aryl methyl sites for hydroxylation is 2. The van der Waals surface area contributed by atoms with E-state index in [1.807, 2.05) is 4.57 Å². The van der Waals surface area contributed by atoms with Gasteiger partial charge in [0, 0.05) is 38.7 Å². The van der Waals surface area contributed by atoms with Crippen LogP contribution < -0.4 is 4.80 Å². The molecular formula is C17H20N4O4S2. The molecule has 2 aromatic heterocycles. The highest BCUT2D eigenvalue weighted by Crippen LogP contribution is 2.22. The van der Waals surface area contributed by atoms with Gasteiger partial charge >= 0.3 is 0 Å². The molecule has 0 aliphatic carbocycles. The Morgan fingerprint density at radius 1 is 1.37 bits per heavy atom. The molecule has 2 heterocycles. The normalized spacial score (nSPS) is 12.8. The first-order valence-electron chi connectivity index (χ1n) is 8.12. The molecular weight excluding hydrogens is 388 g/mol. The summed E-state index contributed by atoms with van der Waals surface area (Å²) in [5.41, 5.74) is 1.84. The van der Waals surface area contributed by atoms with E-state index in [4.69, 9.17) is 4.74 Å². The van der Waals surface area contributed by atoms with Gasteiger partial charge in [-0.15, -0.1) is 0 Å². The number of hydrogen-bond acceptors (Lipinski definition) is 6. The fourth-order valence-corrected chi connectivity index (χ4v) is 4.54. The predicted molar refractivity (Wildman–Crippen MR) is 103 cm³/mol. The van der Waals surface area contributed by atoms with E-state index in [1.165, 1.54) is 17.6 Å². The number of sulfone groups is 1. The molecule has 0 aliphatic rings. The Hall–Kier alpha value is -2.30. The first-order valence-corrected chi connectivity index (χ1v) is 10.8. The molecule has 10 heteroatoms. The number of aromatic nitrogens is 3. The summed E-state index contributed by atoms with van der Waals surface area (Å²) in [5.74, 6) is -0.436. The lowest BCUT2D eigenvalue weighted by Gasteiger charge is -2.04. The van der Waals surface area contributed by atoms with Crippen molar-refractivity contribution in [1.29, 1.82) is 0 Å². The lowest BCUT2D eigenvalue weighted by Crippen LogP contribution is -2.19. The molecule has 0 saturated heterocycles. The van der Waals surface area contributed by atoms with Gasteiger partial charge in [0.15, 0.2) is 20.3 Å². The number of fused-ring (bicyclic) bond motifs is 1. The maximum absolute atomic E-state index is 12.6. The quantitative estimate of drug-likeness (QED) is 0.638. The van der Waals surface area contributed by atoms with Gasteiger partial charge in [-0.3, -0.25) is 9.48 Å². The fraction of sp³-hybridized carbons (Fsp3) is 0.353. The minimum absolute atomic E-state index is 0.230. The van der Waals surface area contributed by atoms with Gasteiger partial charge in [-0.2, -0.15) is 10.1 Å². The Balaban J connectivity index is 2.17. The lowest BCUT2D eigenvalue weighted by molar-refractivity contribution is 0.0991. The maximum atomic E-state index is 12.6. The molecule has 3 rings (SSSR count). The van der Waals surface area contributed by atoms with Gasteiger partial charge in [0.1, 0.15) is 0 Å². The van der Waals surface area contributed by atoms with Crippen molar-refractivity contribution in [2.75, 3.05) is 20.0 Å². The van der Waals surface area contributed by atoms with Crippen molar-refractivity contribution in [3.05, 3.63) is 40.5 Å². The monoisotopic (exact) mass is 408 g/mol. The van der Waals surface area contributed by atoms with Gasteiger partial charge in [0.2, 0.25) is 0 Å². The summed E-state index contributed by atoms with van der Waals surface area (Å²) in [7, 11) is 0.0168. The van der Waals surface area contributed by atoms with Crippen molar-refractivity contribution in [2.45, 2.75) is 18.4 Å². The highest BCUT2D eigenvalue weighted by atomic mass is 32.2. The smallest absolute Gasteiger partial charge is 0.300 e. The Labute approximate surface area is 160 Å². The Morgan fingerprint density at radius 2 is 2.11 bits per heavy atom. The van der Waals surface area contributed by atoms with Crippen LogP contribution in [0.2, 0.25) is 0 Å². The molecule has 3 aromatic rings. The van der Waals surface area contributed by atoms with Crippen molar-refractivity contribution in [1.82, 2.24) is 14.3 Å². The second kappa shape index (κ2) is 7.37. The number of carbonyl (C=O) groups excluding carboxylic acids is 1. The average molecular weight is 409 g/mol. The third-order valence-corrected chi connectivity index (χ3v) is 6.16. The van der Waals surface area contributed by atoms with Crippen LogP contribution >= 0.6 is 11.3 Å². The number of hydrogen-bond donors (Lipinski definition) is 0. The first kappa shape index (κ1) is 19.5. The van der Waals surface area contributed by atoms with E-state index in [0.717, 1.165) is 15.8 Å². The number of rotatable bonds is 5. The summed E-state index contributed by atoms with van der Waals surface area (Å²) in [4.78, 5) is 17.6. The van der Waals surface area contributed by atoms with E-state index < -0.39 is 15.7 Å². The first-order chi connectivity index (χ1) is 12.7. The Bertz CT molecular complexity index is 1190. The van der Waals surface area contributed by atoms with E-state index in [2.05, 4.69) is 10.1 Å². The summed E-state index contributed by atoms with van der Waals surface area (Å²) < 4.78 is 33.0. The van der Waals surface area contributed by atoms with Crippen LogP contribution in [0.5, 0.6) is 0 Å². The Kier molecular flexibility index (Phi) is 5.31. The summed E-state index contributed by atoms with van der Waals surface area (Å²) in [6.07, 6.45) is 2.92. The molecule has 144 valence electrons. The van der Waals surface area contributed by atoms with Crippen molar-refractivity contribution in [2.24, 2.45) is 12.0 Å². The fourth-order valence-electron chi connectivity index (χ4n) is 2.73. The van der Waals surface area contributed by atoms with Gasteiger partial charge < -0.3 is 9.30 Å². The molecule has 27 heavy (non-hydrogen) atoms. The molecule has 0 fully saturated rings. The van der Waals surface area contributed by atoms with Crippen LogP contribution in [-0.2, 0) is 28.2 Å². The summed E-state index contributed by atoms with van der Waals surface area (Å²) in [5, 5.41) is 4.16. The van der Waals surface area contributed by atoms with E-state index in [9.17, 15) is 13.2 Å². The molecule has 0 radical (unpaired) electrons. The van der Waals surface area contributed by atoms with E-state index in [1.54, 1.807) is 50.2 Å². The van der Waals surface area contributed by atoms with E-state index in [-0.39, 0.29) is 4.90 Å². The highest BCUT2D eigenvalue weighted by Gasteiger charge is 2.15. The predicted octanol–water partition coefficient (Wildman–Crippen LogP) is 1.54. The second-order valence-electron chi connectivity index (χ2n) is 6.18. The number of ether oxygens (including phenoxy) is 1. The number of nitrogens with zero attached hydrogens (tertiary/aromatic N) is 4. The summed E-state index contributed by atoms with van der Waals surface area (Å²) in [6, 6.07) is 4.89. The second-order valence-corrected chi connectivity index (χ2v) is 9.21. The third kappa shape index (κ3) is 4.02. The SMILES string of the molecule is COCCn1c(=NC(=O)c2nn(C)cc2C)sc2cc(S(C)(=O)=O)ccc21. The molecule has 0 atom stereocenters. The topological polar surface area (TPSA) is 95.6 Å². The lowest BCUT2D eigenvalue weighted by atomic mass is 10.3. The zero-order chi connectivity index (χ0) is 19.8. The number of methoxy groups -OCH3 is 1. The zero-order valence-electron chi connectivity index (χ0n) is 15.5. The van der Waals surface area contributed by atoms with Crippen LogP contribution in [0.25, 0.3) is 10.2 Å². The highest BCUT2D eigenvalue weighted by molar-refractivity contribution is 7.90. The number of carbonyl (C=O) groups is 1. The molecule has 0 saturated carbocycles. The van der Waals surface area contributed by atoms with Crippen LogP contribution in [-0.4, -0.2) is 48.6 Å². The molecule has 1 amide bonds. The maximum Gasteiger partial charge on any atom is 0.300 e. The minimum atomic E-state index is -3.32. The van der Waals surface area contributed by atoms with Crippen molar-refractivity contribution < 1.29 is 17.9 Å². The van der Waals surface area contributed by atoms with Crippen molar-refractivity contribution in [3.63, 3.8) is 0 Å². The van der Waals surface area contributed by atoms with Crippen LogP contribution in [0.4, 0.5) is 0 Å². The van der Waals surface area contributed by atoms with Crippen LogP contribution in [0.15, 0.2) is 34.3 Å². The molecule has 8 nitrogen and oxygen atoms in total. The van der Waals surface area contributed by atoms with Gasteiger partial charge in [0.25, 0.3) is 5.91 Å². The van der Waals surface area contributed by atoms with E-state index in [0.29, 0.717) is 23.6 Å². The van der Waals surface area contributed by atoms with Gasteiger partial charge in [0.05, 0.1) is 21.7 Å². The summed E-state index contributed by atoms with van der Waals surface area (Å²) >= 11 is 1.26. The number of thiazole rings is 1. The van der Waals surface area contributed by atoms with Crippen LogP contribution in [0, 0.1) is 6.92 Å². The largest absolute Gasteiger partial charge is 0.383 e.